The van der Waals surface area contributed by atoms with E-state index in [9.17, 15) is 13.2 Å². The number of alkyl halides is 2. The molecular weight excluding hydrogens is 353 g/mol. The smallest absolute Gasteiger partial charge is 0.387 e. The Balaban J connectivity index is 2.00. The first-order chi connectivity index (χ1) is 12.1. The fourth-order valence-corrected chi connectivity index (χ4v) is 2.31. The number of hydrogen-bond acceptors (Lipinski definition) is 4. The highest BCUT2D eigenvalue weighted by molar-refractivity contribution is 7.71. The number of aromatic nitrogens is 3. The zero-order valence-electron chi connectivity index (χ0n) is 12.6. The van der Waals surface area contributed by atoms with Crippen molar-refractivity contribution in [1.29, 1.82) is 0 Å². The van der Waals surface area contributed by atoms with Crippen LogP contribution in [0.15, 0.2) is 53.6 Å². The van der Waals surface area contributed by atoms with Crippen LogP contribution in [0.5, 0.6) is 5.75 Å². The molecule has 0 aliphatic heterocycles. The van der Waals surface area contributed by atoms with Crippen molar-refractivity contribution in [3.05, 3.63) is 64.7 Å². The molecule has 0 saturated heterocycles. The maximum absolute atomic E-state index is 14.0. The number of rotatable bonds is 5. The van der Waals surface area contributed by atoms with E-state index in [-0.39, 0.29) is 21.9 Å². The van der Waals surface area contributed by atoms with E-state index in [1.54, 1.807) is 30.3 Å². The summed E-state index contributed by atoms with van der Waals surface area (Å²) in [7, 11) is 0. The van der Waals surface area contributed by atoms with Gasteiger partial charge in [-0.1, -0.05) is 24.3 Å². The predicted molar refractivity (Wildman–Crippen MR) is 88.9 cm³/mol. The van der Waals surface area contributed by atoms with Crippen molar-refractivity contribution in [3.63, 3.8) is 0 Å². The van der Waals surface area contributed by atoms with Crippen molar-refractivity contribution in [1.82, 2.24) is 14.9 Å². The van der Waals surface area contributed by atoms with Gasteiger partial charge in [-0.05, 0) is 36.5 Å². The monoisotopic (exact) mass is 364 g/mol. The van der Waals surface area contributed by atoms with E-state index < -0.39 is 12.4 Å². The van der Waals surface area contributed by atoms with Crippen molar-refractivity contribution in [2.24, 2.45) is 5.10 Å². The molecule has 2 aromatic carbocycles. The van der Waals surface area contributed by atoms with Crippen LogP contribution in [0, 0.1) is 10.6 Å². The summed E-state index contributed by atoms with van der Waals surface area (Å²) in [6.45, 7) is -2.96. The van der Waals surface area contributed by atoms with Gasteiger partial charge in [-0.3, -0.25) is 0 Å². The summed E-state index contributed by atoms with van der Waals surface area (Å²) in [6, 6.07) is 12.2. The molecule has 25 heavy (non-hydrogen) atoms. The lowest BCUT2D eigenvalue weighted by atomic mass is 10.2. The van der Waals surface area contributed by atoms with Crippen LogP contribution in [0.2, 0.25) is 0 Å². The van der Waals surface area contributed by atoms with Crippen LogP contribution in [-0.4, -0.2) is 27.7 Å². The van der Waals surface area contributed by atoms with E-state index in [0.717, 1.165) is 0 Å². The van der Waals surface area contributed by atoms with Crippen LogP contribution in [0.4, 0.5) is 13.2 Å². The Bertz CT molecular complexity index is 968. The topological polar surface area (TPSA) is 55.2 Å². The third kappa shape index (κ3) is 3.77. The Morgan fingerprint density at radius 3 is 2.64 bits per heavy atom. The van der Waals surface area contributed by atoms with Gasteiger partial charge in [-0.25, -0.2) is 9.49 Å². The number of nitrogens with one attached hydrogen (secondary N) is 1. The van der Waals surface area contributed by atoms with Crippen molar-refractivity contribution < 1.29 is 17.9 Å². The lowest BCUT2D eigenvalue weighted by Gasteiger charge is -2.07. The normalized spacial score (nSPS) is 11.4. The SMILES string of the molecule is Fc1ccccc1-c1n[nH]c(=S)n1/N=C\c1ccccc1OC(F)F. The van der Waals surface area contributed by atoms with Gasteiger partial charge < -0.3 is 4.74 Å². The molecule has 0 aliphatic rings. The summed E-state index contributed by atoms with van der Waals surface area (Å²) >= 11 is 5.09. The molecule has 3 rings (SSSR count). The van der Waals surface area contributed by atoms with Crippen LogP contribution in [-0.2, 0) is 0 Å². The minimum Gasteiger partial charge on any atom is -0.434 e. The van der Waals surface area contributed by atoms with Gasteiger partial charge in [0.1, 0.15) is 11.6 Å². The lowest BCUT2D eigenvalue weighted by molar-refractivity contribution is -0.0499. The Hall–Kier alpha value is -2.94. The summed E-state index contributed by atoms with van der Waals surface area (Å²) in [5, 5.41) is 10.6. The zero-order chi connectivity index (χ0) is 17.8. The quantitative estimate of drug-likeness (QED) is 0.544. The van der Waals surface area contributed by atoms with Gasteiger partial charge in [0.05, 0.1) is 11.8 Å². The minimum absolute atomic E-state index is 0.0382. The summed E-state index contributed by atoms with van der Waals surface area (Å²) in [6.07, 6.45) is 1.29. The van der Waals surface area contributed by atoms with Crippen LogP contribution in [0.1, 0.15) is 5.56 Å². The highest BCUT2D eigenvalue weighted by Gasteiger charge is 2.13. The van der Waals surface area contributed by atoms with E-state index in [2.05, 4.69) is 20.0 Å². The molecule has 5 nitrogen and oxygen atoms in total. The third-order valence-corrected chi connectivity index (χ3v) is 3.48. The van der Waals surface area contributed by atoms with Crippen LogP contribution >= 0.6 is 12.2 Å². The number of para-hydroxylation sites is 1. The Morgan fingerprint density at radius 1 is 1.16 bits per heavy atom. The van der Waals surface area contributed by atoms with E-state index in [1.165, 1.54) is 29.1 Å². The number of hydrogen-bond donors (Lipinski definition) is 1. The molecule has 3 aromatic rings. The average Bonchev–Trinajstić information content (AvgIpc) is 2.95. The summed E-state index contributed by atoms with van der Waals surface area (Å²) in [5.74, 6) is -0.371. The maximum atomic E-state index is 14.0. The summed E-state index contributed by atoms with van der Waals surface area (Å²) < 4.78 is 44.7. The Labute approximate surface area is 145 Å². The molecule has 9 heteroatoms. The van der Waals surface area contributed by atoms with Gasteiger partial charge in [0.15, 0.2) is 5.82 Å². The zero-order valence-corrected chi connectivity index (χ0v) is 13.4. The molecular formula is C16H11F3N4OS. The van der Waals surface area contributed by atoms with E-state index in [1.807, 2.05) is 0 Å². The van der Waals surface area contributed by atoms with Crippen LogP contribution in [0.3, 0.4) is 0 Å². The maximum Gasteiger partial charge on any atom is 0.387 e. The van der Waals surface area contributed by atoms with Crippen molar-refractivity contribution in [2.75, 3.05) is 0 Å². The second-order valence-electron chi connectivity index (χ2n) is 4.80. The molecule has 1 heterocycles. The van der Waals surface area contributed by atoms with Crippen LogP contribution < -0.4 is 4.74 Å². The molecule has 1 aromatic heterocycles. The predicted octanol–water partition coefficient (Wildman–Crippen LogP) is 4.23. The number of H-pyrrole nitrogens is 1. The van der Waals surface area contributed by atoms with Crippen molar-refractivity contribution >= 4 is 18.4 Å². The molecule has 0 aliphatic carbocycles. The molecule has 0 unspecified atom stereocenters. The number of aromatic amines is 1. The molecule has 0 saturated carbocycles. The molecule has 128 valence electrons. The highest BCUT2D eigenvalue weighted by atomic mass is 32.1. The largest absolute Gasteiger partial charge is 0.434 e. The molecule has 0 spiro atoms. The highest BCUT2D eigenvalue weighted by Crippen LogP contribution is 2.22. The Morgan fingerprint density at radius 2 is 1.88 bits per heavy atom. The lowest BCUT2D eigenvalue weighted by Crippen LogP contribution is -2.04. The second-order valence-corrected chi connectivity index (χ2v) is 5.19. The first kappa shape index (κ1) is 16.9. The first-order valence-electron chi connectivity index (χ1n) is 7.07. The molecule has 1 N–H and O–H groups in total. The van der Waals surface area contributed by atoms with Gasteiger partial charge in [0.2, 0.25) is 4.77 Å². The number of nitrogens with zero attached hydrogens (tertiary/aromatic N) is 3. The average molecular weight is 364 g/mol. The fourth-order valence-electron chi connectivity index (χ4n) is 2.13. The van der Waals surface area contributed by atoms with Crippen LogP contribution in [0.25, 0.3) is 11.4 Å². The molecule has 0 amide bonds. The first-order valence-corrected chi connectivity index (χ1v) is 7.47. The summed E-state index contributed by atoms with van der Waals surface area (Å²) in [4.78, 5) is 0. The van der Waals surface area contributed by atoms with Crippen molar-refractivity contribution in [2.45, 2.75) is 6.61 Å². The molecule has 0 radical (unpaired) electrons. The van der Waals surface area contributed by atoms with Gasteiger partial charge >= 0.3 is 6.61 Å². The van der Waals surface area contributed by atoms with E-state index >= 15 is 0 Å². The third-order valence-electron chi connectivity index (χ3n) is 3.21. The molecule has 0 fully saturated rings. The van der Waals surface area contributed by atoms with E-state index in [4.69, 9.17) is 12.2 Å². The van der Waals surface area contributed by atoms with Gasteiger partial charge in [-0.2, -0.15) is 23.7 Å². The fraction of sp³-hybridized carbons (Fsp3) is 0.0625. The van der Waals surface area contributed by atoms with Gasteiger partial charge in [0, 0.05) is 5.56 Å². The molecule has 0 atom stereocenters. The van der Waals surface area contributed by atoms with Crippen molar-refractivity contribution in [3.8, 4) is 17.1 Å². The minimum atomic E-state index is -2.96. The molecule has 0 bridgehead atoms. The number of halogens is 3. The van der Waals surface area contributed by atoms with Gasteiger partial charge in [-0.15, -0.1) is 0 Å². The number of ether oxygens (including phenoxy) is 1. The van der Waals surface area contributed by atoms with Gasteiger partial charge in [0.25, 0.3) is 0 Å². The Kier molecular flexibility index (Phi) is 4.94. The second kappa shape index (κ2) is 7.31. The summed E-state index contributed by atoms with van der Waals surface area (Å²) in [5.41, 5.74) is 0.509. The van der Waals surface area contributed by atoms with E-state index in [0.29, 0.717) is 5.56 Å². The standard InChI is InChI=1S/C16H11F3N4OS/c17-12-7-3-2-6-11(12)14-21-22-16(25)23(14)20-9-10-5-1-4-8-13(10)24-15(18)19/h1-9,15H,(H,22,25)/b20-9-. The number of benzene rings is 2.